The fourth-order valence-electron chi connectivity index (χ4n) is 3.25. The summed E-state index contributed by atoms with van der Waals surface area (Å²) in [6.07, 6.45) is 2.91. The molecule has 0 radical (unpaired) electrons. The number of piperazine rings is 1. The third-order valence-electron chi connectivity index (χ3n) is 4.69. The van der Waals surface area contributed by atoms with Crippen LogP contribution in [0, 0.1) is 6.92 Å². The number of nitrogens with zero attached hydrogens (tertiary/aromatic N) is 3. The molecule has 1 atom stereocenters. The van der Waals surface area contributed by atoms with E-state index in [1.54, 1.807) is 6.92 Å². The van der Waals surface area contributed by atoms with E-state index in [1.807, 2.05) is 4.90 Å². The molecule has 1 aliphatic heterocycles. The molecule has 0 aliphatic carbocycles. The first kappa shape index (κ1) is 17.6. The lowest BCUT2D eigenvalue weighted by molar-refractivity contribution is -0.134. The molecule has 134 valence electrons. The smallest absolute Gasteiger partial charge is 0.226 e. The van der Waals surface area contributed by atoms with Crippen molar-refractivity contribution in [2.75, 3.05) is 19.6 Å². The van der Waals surface area contributed by atoms with Gasteiger partial charge in [0.15, 0.2) is 5.82 Å². The molecule has 1 aromatic carbocycles. The quantitative estimate of drug-likeness (QED) is 0.873. The summed E-state index contributed by atoms with van der Waals surface area (Å²) in [6, 6.07) is 8.73. The minimum atomic E-state index is 0.109. The SMILES string of the molecule is CCc1ccc(C2CNCCN2C(=O)CCCc2nc(C)no2)cc1. The Hall–Kier alpha value is -2.21. The Morgan fingerprint density at radius 2 is 2.16 bits per heavy atom. The van der Waals surface area contributed by atoms with E-state index in [1.165, 1.54) is 11.1 Å². The zero-order valence-electron chi connectivity index (χ0n) is 15.0. The second-order valence-electron chi connectivity index (χ2n) is 6.49. The molecule has 0 saturated carbocycles. The van der Waals surface area contributed by atoms with E-state index >= 15 is 0 Å². The van der Waals surface area contributed by atoms with E-state index in [9.17, 15) is 4.79 Å². The maximum atomic E-state index is 12.7. The van der Waals surface area contributed by atoms with E-state index in [0.29, 0.717) is 24.6 Å². The molecule has 2 aromatic rings. The zero-order chi connectivity index (χ0) is 17.6. The monoisotopic (exact) mass is 342 g/mol. The van der Waals surface area contributed by atoms with Crippen molar-refractivity contribution in [2.45, 2.75) is 45.6 Å². The highest BCUT2D eigenvalue weighted by Gasteiger charge is 2.27. The normalized spacial score (nSPS) is 17.7. The van der Waals surface area contributed by atoms with Crippen LogP contribution in [0.4, 0.5) is 0 Å². The summed E-state index contributed by atoms with van der Waals surface area (Å²) < 4.78 is 5.11. The molecule has 2 heterocycles. The van der Waals surface area contributed by atoms with Gasteiger partial charge >= 0.3 is 0 Å². The molecule has 3 rings (SSSR count). The van der Waals surface area contributed by atoms with Crippen LogP contribution in [0.3, 0.4) is 0 Å². The second-order valence-corrected chi connectivity index (χ2v) is 6.49. The van der Waals surface area contributed by atoms with Gasteiger partial charge in [-0.15, -0.1) is 0 Å². The van der Waals surface area contributed by atoms with Crippen LogP contribution in [0.25, 0.3) is 0 Å². The lowest BCUT2D eigenvalue weighted by Gasteiger charge is -2.36. The number of amides is 1. The maximum Gasteiger partial charge on any atom is 0.226 e. The Bertz CT molecular complexity index is 696. The first-order valence-corrected chi connectivity index (χ1v) is 9.05. The number of rotatable bonds is 6. The summed E-state index contributed by atoms with van der Waals surface area (Å²) in [5.74, 6) is 1.44. The predicted molar refractivity (Wildman–Crippen MR) is 95.1 cm³/mol. The average molecular weight is 342 g/mol. The standard InChI is InChI=1S/C19H26N4O2/c1-3-15-7-9-16(10-8-15)17-13-20-11-12-23(17)19(24)6-4-5-18-21-14(2)22-25-18/h7-10,17,20H,3-6,11-13H2,1-2H3. The third kappa shape index (κ3) is 4.45. The van der Waals surface area contributed by atoms with Crippen LogP contribution in [-0.2, 0) is 17.6 Å². The first-order chi connectivity index (χ1) is 12.2. The molecule has 6 heteroatoms. The molecule has 6 nitrogen and oxygen atoms in total. The van der Waals surface area contributed by atoms with E-state index in [4.69, 9.17) is 4.52 Å². The van der Waals surface area contributed by atoms with Gasteiger partial charge in [0.25, 0.3) is 0 Å². The van der Waals surface area contributed by atoms with E-state index in [-0.39, 0.29) is 11.9 Å². The van der Waals surface area contributed by atoms with Gasteiger partial charge in [0.1, 0.15) is 0 Å². The van der Waals surface area contributed by atoms with Gasteiger partial charge in [-0.05, 0) is 30.9 Å². The second kappa shape index (κ2) is 8.25. The van der Waals surface area contributed by atoms with Crippen LogP contribution in [0.2, 0.25) is 0 Å². The Balaban J connectivity index is 1.60. The van der Waals surface area contributed by atoms with E-state index < -0.39 is 0 Å². The summed E-state index contributed by atoms with van der Waals surface area (Å²) in [7, 11) is 0. The fourth-order valence-corrected chi connectivity index (χ4v) is 3.25. The third-order valence-corrected chi connectivity index (χ3v) is 4.69. The van der Waals surface area contributed by atoms with Gasteiger partial charge in [0.2, 0.25) is 11.8 Å². The maximum absolute atomic E-state index is 12.7. The molecule has 1 aromatic heterocycles. The summed E-state index contributed by atoms with van der Waals surface area (Å²) in [4.78, 5) is 18.9. The Morgan fingerprint density at radius 1 is 1.36 bits per heavy atom. The minimum absolute atomic E-state index is 0.109. The number of hydrogen-bond acceptors (Lipinski definition) is 5. The van der Waals surface area contributed by atoms with Crippen molar-refractivity contribution in [3.8, 4) is 0 Å². The highest BCUT2D eigenvalue weighted by molar-refractivity contribution is 5.77. The van der Waals surface area contributed by atoms with Gasteiger partial charge in [0, 0.05) is 32.5 Å². The Morgan fingerprint density at radius 3 is 2.84 bits per heavy atom. The first-order valence-electron chi connectivity index (χ1n) is 9.05. The van der Waals surface area contributed by atoms with Crippen molar-refractivity contribution in [3.63, 3.8) is 0 Å². The summed E-state index contributed by atoms with van der Waals surface area (Å²) in [6.45, 7) is 6.35. The van der Waals surface area contributed by atoms with Gasteiger partial charge in [0.05, 0.1) is 6.04 Å². The van der Waals surface area contributed by atoms with Crippen LogP contribution in [-0.4, -0.2) is 40.6 Å². The number of nitrogens with one attached hydrogen (secondary N) is 1. The Kier molecular flexibility index (Phi) is 5.81. The molecule has 1 saturated heterocycles. The van der Waals surface area contributed by atoms with Crippen molar-refractivity contribution in [3.05, 3.63) is 47.1 Å². The Labute approximate surface area is 148 Å². The topological polar surface area (TPSA) is 71.3 Å². The summed E-state index contributed by atoms with van der Waals surface area (Å²) in [5.41, 5.74) is 2.52. The fraction of sp³-hybridized carbons (Fsp3) is 0.526. The van der Waals surface area contributed by atoms with Crippen LogP contribution in [0.1, 0.15) is 48.6 Å². The average Bonchev–Trinajstić information content (AvgIpc) is 3.07. The van der Waals surface area contributed by atoms with Crippen LogP contribution in [0.5, 0.6) is 0 Å². The summed E-state index contributed by atoms with van der Waals surface area (Å²) >= 11 is 0. The number of benzene rings is 1. The molecule has 1 fully saturated rings. The number of aryl methyl sites for hydroxylation is 3. The molecule has 1 N–H and O–H groups in total. The molecule has 0 bridgehead atoms. The molecule has 1 aliphatic rings. The molecule has 25 heavy (non-hydrogen) atoms. The number of hydrogen-bond donors (Lipinski definition) is 1. The van der Waals surface area contributed by atoms with Crippen molar-refractivity contribution in [1.82, 2.24) is 20.4 Å². The lowest BCUT2D eigenvalue weighted by atomic mass is 10.0. The number of carbonyl (C=O) groups excluding carboxylic acids is 1. The molecule has 1 unspecified atom stereocenters. The largest absolute Gasteiger partial charge is 0.339 e. The van der Waals surface area contributed by atoms with E-state index in [2.05, 4.69) is 46.6 Å². The number of carbonyl (C=O) groups is 1. The molecule has 1 amide bonds. The van der Waals surface area contributed by atoms with Gasteiger partial charge in [-0.1, -0.05) is 36.3 Å². The molecular formula is C19H26N4O2. The van der Waals surface area contributed by atoms with Crippen molar-refractivity contribution in [1.29, 1.82) is 0 Å². The van der Waals surface area contributed by atoms with Crippen molar-refractivity contribution < 1.29 is 9.32 Å². The summed E-state index contributed by atoms with van der Waals surface area (Å²) in [5, 5.41) is 7.18. The zero-order valence-corrected chi connectivity index (χ0v) is 15.0. The van der Waals surface area contributed by atoms with Crippen LogP contribution < -0.4 is 5.32 Å². The van der Waals surface area contributed by atoms with Gasteiger partial charge in [-0.25, -0.2) is 0 Å². The lowest BCUT2D eigenvalue weighted by Crippen LogP contribution is -2.48. The highest BCUT2D eigenvalue weighted by atomic mass is 16.5. The molecular weight excluding hydrogens is 316 g/mol. The number of aromatic nitrogens is 2. The minimum Gasteiger partial charge on any atom is -0.339 e. The van der Waals surface area contributed by atoms with Crippen molar-refractivity contribution in [2.24, 2.45) is 0 Å². The van der Waals surface area contributed by atoms with Gasteiger partial charge in [-0.2, -0.15) is 4.98 Å². The highest BCUT2D eigenvalue weighted by Crippen LogP contribution is 2.24. The molecule has 0 spiro atoms. The van der Waals surface area contributed by atoms with E-state index in [0.717, 1.165) is 32.5 Å². The van der Waals surface area contributed by atoms with Gasteiger partial charge < -0.3 is 14.7 Å². The predicted octanol–water partition coefficient (Wildman–Crippen LogP) is 2.44. The van der Waals surface area contributed by atoms with Crippen LogP contribution >= 0.6 is 0 Å². The van der Waals surface area contributed by atoms with Crippen LogP contribution in [0.15, 0.2) is 28.8 Å². The van der Waals surface area contributed by atoms with Gasteiger partial charge in [-0.3, -0.25) is 4.79 Å². The van der Waals surface area contributed by atoms with Crippen molar-refractivity contribution >= 4 is 5.91 Å².